The van der Waals surface area contributed by atoms with Gasteiger partial charge in [-0.15, -0.1) is 0 Å². The third-order valence-electron chi connectivity index (χ3n) is 2.65. The zero-order chi connectivity index (χ0) is 11.7. The second-order valence-electron chi connectivity index (χ2n) is 3.70. The lowest BCUT2D eigenvalue weighted by Crippen LogP contribution is -2.48. The first kappa shape index (κ1) is 14.4. The van der Waals surface area contributed by atoms with Gasteiger partial charge in [0.15, 0.2) is 0 Å². The molecule has 1 fully saturated rings. The number of hydrogen-bond donors (Lipinski definition) is 0. The van der Waals surface area contributed by atoms with Crippen LogP contribution in [-0.4, -0.2) is 48.4 Å². The highest BCUT2D eigenvalue weighted by Gasteiger charge is 2.17. The normalized spacial score (nSPS) is 16.9. The van der Waals surface area contributed by atoms with Crippen LogP contribution in [0.2, 0.25) is 0 Å². The molecule has 0 unspecified atom stereocenters. The predicted octanol–water partition coefficient (Wildman–Crippen LogP) is 1.98. The first-order valence-electron chi connectivity index (χ1n) is 6.22. The first-order chi connectivity index (χ1) is 7.24. The Bertz CT molecular complexity index is 163. The Balaban J connectivity index is 0.000000921. The van der Waals surface area contributed by atoms with E-state index in [0.717, 1.165) is 26.2 Å². The minimum atomic E-state index is 0.218. The van der Waals surface area contributed by atoms with Crippen molar-refractivity contribution in [1.29, 1.82) is 0 Å². The molecule has 3 heteroatoms. The SMILES string of the molecule is CC.CCCCN1CCN(C(C)=O)CC1. The molecular formula is C12H26N2O. The van der Waals surface area contributed by atoms with Crippen molar-refractivity contribution in [1.82, 2.24) is 9.80 Å². The lowest BCUT2D eigenvalue weighted by Gasteiger charge is -2.34. The monoisotopic (exact) mass is 214 g/mol. The van der Waals surface area contributed by atoms with E-state index in [1.807, 2.05) is 18.7 Å². The molecule has 0 aromatic carbocycles. The number of piperazine rings is 1. The fraction of sp³-hybridized carbons (Fsp3) is 0.917. The van der Waals surface area contributed by atoms with Crippen LogP contribution in [0.1, 0.15) is 40.5 Å². The second-order valence-corrected chi connectivity index (χ2v) is 3.70. The van der Waals surface area contributed by atoms with Gasteiger partial charge in [0.25, 0.3) is 0 Å². The van der Waals surface area contributed by atoms with E-state index in [4.69, 9.17) is 0 Å². The lowest BCUT2D eigenvalue weighted by atomic mass is 10.2. The maximum Gasteiger partial charge on any atom is 0.219 e. The van der Waals surface area contributed by atoms with E-state index < -0.39 is 0 Å². The van der Waals surface area contributed by atoms with Gasteiger partial charge in [0.1, 0.15) is 0 Å². The molecule has 1 aliphatic heterocycles. The molecule has 1 aliphatic rings. The maximum absolute atomic E-state index is 11.0. The highest BCUT2D eigenvalue weighted by atomic mass is 16.2. The molecule has 1 heterocycles. The molecule has 0 N–H and O–H groups in total. The molecule has 0 atom stereocenters. The molecule has 90 valence electrons. The quantitative estimate of drug-likeness (QED) is 0.717. The molecule has 1 saturated heterocycles. The van der Waals surface area contributed by atoms with Crippen LogP contribution in [0.15, 0.2) is 0 Å². The summed E-state index contributed by atoms with van der Waals surface area (Å²) >= 11 is 0. The summed E-state index contributed by atoms with van der Waals surface area (Å²) in [6.07, 6.45) is 2.53. The van der Waals surface area contributed by atoms with E-state index in [2.05, 4.69) is 11.8 Å². The topological polar surface area (TPSA) is 23.6 Å². The molecule has 0 bridgehead atoms. The number of unbranched alkanes of at least 4 members (excludes halogenated alkanes) is 1. The third-order valence-corrected chi connectivity index (χ3v) is 2.65. The van der Waals surface area contributed by atoms with Crippen LogP contribution in [0.25, 0.3) is 0 Å². The third kappa shape index (κ3) is 5.78. The van der Waals surface area contributed by atoms with Crippen LogP contribution in [0, 0.1) is 0 Å². The van der Waals surface area contributed by atoms with Gasteiger partial charge in [-0.1, -0.05) is 27.2 Å². The summed E-state index contributed by atoms with van der Waals surface area (Å²) in [5.41, 5.74) is 0. The number of rotatable bonds is 3. The van der Waals surface area contributed by atoms with Crippen molar-refractivity contribution < 1.29 is 4.79 Å². The highest BCUT2D eigenvalue weighted by molar-refractivity contribution is 5.73. The Labute approximate surface area is 94.4 Å². The number of carbonyl (C=O) groups excluding carboxylic acids is 1. The number of nitrogens with zero attached hydrogens (tertiary/aromatic N) is 2. The average Bonchev–Trinajstić information content (AvgIpc) is 2.29. The van der Waals surface area contributed by atoms with Gasteiger partial charge >= 0.3 is 0 Å². The second kappa shape index (κ2) is 8.72. The van der Waals surface area contributed by atoms with Gasteiger partial charge in [0, 0.05) is 33.1 Å². The molecule has 0 spiro atoms. The van der Waals surface area contributed by atoms with E-state index in [-0.39, 0.29) is 5.91 Å². The lowest BCUT2D eigenvalue weighted by molar-refractivity contribution is -0.130. The van der Waals surface area contributed by atoms with E-state index >= 15 is 0 Å². The smallest absolute Gasteiger partial charge is 0.219 e. The minimum absolute atomic E-state index is 0.218. The van der Waals surface area contributed by atoms with E-state index in [9.17, 15) is 4.79 Å². The van der Waals surface area contributed by atoms with Crippen LogP contribution < -0.4 is 0 Å². The summed E-state index contributed by atoms with van der Waals surface area (Å²) in [4.78, 5) is 15.4. The van der Waals surface area contributed by atoms with Gasteiger partial charge in [-0.05, 0) is 13.0 Å². The van der Waals surface area contributed by atoms with Gasteiger partial charge < -0.3 is 4.90 Å². The summed E-state index contributed by atoms with van der Waals surface area (Å²) in [5.74, 6) is 0.218. The number of carbonyl (C=O) groups is 1. The zero-order valence-corrected chi connectivity index (χ0v) is 10.8. The Morgan fingerprint density at radius 3 is 2.07 bits per heavy atom. The molecular weight excluding hydrogens is 188 g/mol. The van der Waals surface area contributed by atoms with Crippen LogP contribution >= 0.6 is 0 Å². The van der Waals surface area contributed by atoms with Crippen molar-refractivity contribution in [2.45, 2.75) is 40.5 Å². The minimum Gasteiger partial charge on any atom is -0.340 e. The van der Waals surface area contributed by atoms with Crippen LogP contribution in [0.5, 0.6) is 0 Å². The fourth-order valence-corrected chi connectivity index (χ4v) is 1.67. The van der Waals surface area contributed by atoms with Gasteiger partial charge in [-0.25, -0.2) is 0 Å². The van der Waals surface area contributed by atoms with Crippen molar-refractivity contribution in [3.8, 4) is 0 Å². The van der Waals surface area contributed by atoms with E-state index in [1.165, 1.54) is 19.4 Å². The molecule has 0 aromatic heterocycles. The van der Waals surface area contributed by atoms with Crippen molar-refractivity contribution in [2.24, 2.45) is 0 Å². The largest absolute Gasteiger partial charge is 0.340 e. The molecule has 0 aromatic rings. The average molecular weight is 214 g/mol. The molecule has 1 amide bonds. The Kier molecular flexibility index (Phi) is 8.38. The highest BCUT2D eigenvalue weighted by Crippen LogP contribution is 2.03. The van der Waals surface area contributed by atoms with Crippen molar-refractivity contribution >= 4 is 5.91 Å². The number of amides is 1. The Morgan fingerprint density at radius 2 is 1.67 bits per heavy atom. The maximum atomic E-state index is 11.0. The van der Waals surface area contributed by atoms with Crippen LogP contribution in [0.4, 0.5) is 0 Å². The van der Waals surface area contributed by atoms with Crippen molar-refractivity contribution in [3.05, 3.63) is 0 Å². The summed E-state index contributed by atoms with van der Waals surface area (Å²) in [6, 6.07) is 0. The van der Waals surface area contributed by atoms with E-state index in [0.29, 0.717) is 0 Å². The van der Waals surface area contributed by atoms with Crippen molar-refractivity contribution in [3.63, 3.8) is 0 Å². The molecule has 15 heavy (non-hydrogen) atoms. The van der Waals surface area contributed by atoms with E-state index in [1.54, 1.807) is 6.92 Å². The summed E-state index contributed by atoms with van der Waals surface area (Å²) in [5, 5.41) is 0. The van der Waals surface area contributed by atoms with Crippen LogP contribution in [0.3, 0.4) is 0 Å². The van der Waals surface area contributed by atoms with Gasteiger partial charge in [0.05, 0.1) is 0 Å². The molecule has 0 saturated carbocycles. The summed E-state index contributed by atoms with van der Waals surface area (Å²) in [7, 11) is 0. The molecule has 0 radical (unpaired) electrons. The van der Waals surface area contributed by atoms with Gasteiger partial charge in [0.2, 0.25) is 5.91 Å². The number of hydrogen-bond acceptors (Lipinski definition) is 2. The Morgan fingerprint density at radius 1 is 1.13 bits per heavy atom. The predicted molar refractivity (Wildman–Crippen MR) is 65.0 cm³/mol. The summed E-state index contributed by atoms with van der Waals surface area (Å²) in [6.45, 7) is 13.0. The first-order valence-corrected chi connectivity index (χ1v) is 6.22. The van der Waals surface area contributed by atoms with Crippen LogP contribution in [-0.2, 0) is 4.79 Å². The zero-order valence-electron chi connectivity index (χ0n) is 10.8. The fourth-order valence-electron chi connectivity index (χ4n) is 1.67. The molecule has 0 aliphatic carbocycles. The van der Waals surface area contributed by atoms with Crippen molar-refractivity contribution in [2.75, 3.05) is 32.7 Å². The Hall–Kier alpha value is -0.570. The van der Waals surface area contributed by atoms with Gasteiger partial charge in [-0.3, -0.25) is 9.69 Å². The standard InChI is InChI=1S/C10H20N2O.C2H6/c1-3-4-5-11-6-8-12(9-7-11)10(2)13;1-2/h3-9H2,1-2H3;1-2H3. The molecule has 3 nitrogen and oxygen atoms in total. The van der Waals surface area contributed by atoms with Gasteiger partial charge in [-0.2, -0.15) is 0 Å². The molecule has 1 rings (SSSR count). The summed E-state index contributed by atoms with van der Waals surface area (Å²) < 4.78 is 0.